The van der Waals surface area contributed by atoms with Gasteiger partial charge < -0.3 is 5.73 Å². The van der Waals surface area contributed by atoms with Crippen LogP contribution in [0.2, 0.25) is 0 Å². The molecule has 0 aromatic rings. The standard InChI is InChI=1S/C13H27N.ClH/c1-6-13(7-2)9-11(3,4)8-12(5,14)10-13;/h6-10,14H2,1-5H3;1H. The first-order valence-electron chi connectivity index (χ1n) is 6.03. The van der Waals surface area contributed by atoms with Crippen molar-refractivity contribution < 1.29 is 0 Å². The van der Waals surface area contributed by atoms with Crippen molar-refractivity contribution in [3.8, 4) is 0 Å². The maximum absolute atomic E-state index is 6.38. The van der Waals surface area contributed by atoms with Crippen molar-refractivity contribution in [2.75, 3.05) is 0 Å². The van der Waals surface area contributed by atoms with Gasteiger partial charge in [-0.3, -0.25) is 0 Å². The van der Waals surface area contributed by atoms with E-state index in [4.69, 9.17) is 5.73 Å². The van der Waals surface area contributed by atoms with Crippen LogP contribution in [-0.4, -0.2) is 5.54 Å². The van der Waals surface area contributed by atoms with Gasteiger partial charge in [0.1, 0.15) is 0 Å². The Labute approximate surface area is 102 Å². The Morgan fingerprint density at radius 3 is 1.73 bits per heavy atom. The first-order chi connectivity index (χ1) is 6.24. The molecular formula is C13H28ClN. The van der Waals surface area contributed by atoms with E-state index >= 15 is 0 Å². The highest BCUT2D eigenvalue weighted by molar-refractivity contribution is 5.85. The fourth-order valence-electron chi connectivity index (χ4n) is 3.90. The summed E-state index contributed by atoms with van der Waals surface area (Å²) in [4.78, 5) is 0. The smallest absolute Gasteiger partial charge is 0.0136 e. The molecule has 0 bridgehead atoms. The maximum atomic E-state index is 6.38. The molecule has 0 aromatic heterocycles. The Balaban J connectivity index is 0.00000196. The lowest BCUT2D eigenvalue weighted by Crippen LogP contribution is -2.51. The van der Waals surface area contributed by atoms with Crippen molar-refractivity contribution in [2.45, 2.75) is 72.3 Å². The van der Waals surface area contributed by atoms with Crippen molar-refractivity contribution in [2.24, 2.45) is 16.6 Å². The van der Waals surface area contributed by atoms with Crippen LogP contribution < -0.4 is 5.73 Å². The van der Waals surface area contributed by atoms with Crippen molar-refractivity contribution in [1.29, 1.82) is 0 Å². The van der Waals surface area contributed by atoms with Gasteiger partial charge in [-0.2, -0.15) is 0 Å². The second kappa shape index (κ2) is 4.63. The average molecular weight is 234 g/mol. The van der Waals surface area contributed by atoms with Gasteiger partial charge in [-0.15, -0.1) is 12.4 Å². The van der Waals surface area contributed by atoms with Gasteiger partial charge in [0.15, 0.2) is 0 Å². The van der Waals surface area contributed by atoms with E-state index in [0.717, 1.165) is 0 Å². The molecule has 0 aromatic carbocycles. The first kappa shape index (κ1) is 15.2. The molecule has 1 aliphatic carbocycles. The van der Waals surface area contributed by atoms with Crippen molar-refractivity contribution in [3.05, 3.63) is 0 Å². The van der Waals surface area contributed by atoms with E-state index in [0.29, 0.717) is 10.8 Å². The summed E-state index contributed by atoms with van der Waals surface area (Å²) in [7, 11) is 0. The third-order valence-corrected chi connectivity index (χ3v) is 4.01. The van der Waals surface area contributed by atoms with E-state index in [1.165, 1.54) is 32.1 Å². The highest BCUT2D eigenvalue weighted by Crippen LogP contribution is 2.52. The van der Waals surface area contributed by atoms with Gasteiger partial charge in [0, 0.05) is 5.54 Å². The molecule has 1 fully saturated rings. The second-order valence-corrected chi connectivity index (χ2v) is 6.56. The Kier molecular flexibility index (Phi) is 4.71. The van der Waals surface area contributed by atoms with Crippen LogP contribution in [0, 0.1) is 10.8 Å². The van der Waals surface area contributed by atoms with E-state index in [2.05, 4.69) is 34.6 Å². The van der Waals surface area contributed by atoms with Gasteiger partial charge in [-0.25, -0.2) is 0 Å². The van der Waals surface area contributed by atoms with Crippen LogP contribution in [-0.2, 0) is 0 Å². The number of rotatable bonds is 2. The molecular weight excluding hydrogens is 206 g/mol. The normalized spacial score (nSPS) is 33.2. The molecule has 0 amide bonds. The molecule has 15 heavy (non-hydrogen) atoms. The molecule has 0 saturated heterocycles. The molecule has 92 valence electrons. The Bertz CT molecular complexity index is 187. The fourth-order valence-corrected chi connectivity index (χ4v) is 3.90. The van der Waals surface area contributed by atoms with Gasteiger partial charge >= 0.3 is 0 Å². The van der Waals surface area contributed by atoms with Crippen LogP contribution in [0.15, 0.2) is 0 Å². The van der Waals surface area contributed by atoms with Crippen molar-refractivity contribution >= 4 is 12.4 Å². The summed E-state index contributed by atoms with van der Waals surface area (Å²) >= 11 is 0. The topological polar surface area (TPSA) is 26.0 Å². The zero-order chi connectivity index (χ0) is 11.0. The molecule has 0 aliphatic heterocycles. The molecule has 0 heterocycles. The number of hydrogen-bond donors (Lipinski definition) is 1. The minimum absolute atomic E-state index is 0. The lowest BCUT2D eigenvalue weighted by atomic mass is 9.56. The van der Waals surface area contributed by atoms with Crippen LogP contribution in [0.3, 0.4) is 0 Å². The molecule has 1 atom stereocenters. The van der Waals surface area contributed by atoms with E-state index in [9.17, 15) is 0 Å². The molecule has 1 nitrogen and oxygen atoms in total. The van der Waals surface area contributed by atoms with Crippen molar-refractivity contribution in [1.82, 2.24) is 0 Å². The van der Waals surface area contributed by atoms with Gasteiger partial charge in [0.05, 0.1) is 0 Å². The van der Waals surface area contributed by atoms with E-state index in [1.807, 2.05) is 0 Å². The van der Waals surface area contributed by atoms with Crippen LogP contribution >= 0.6 is 12.4 Å². The number of halogens is 1. The summed E-state index contributed by atoms with van der Waals surface area (Å²) in [5, 5.41) is 0. The predicted molar refractivity (Wildman–Crippen MR) is 70.5 cm³/mol. The fraction of sp³-hybridized carbons (Fsp3) is 1.00. The molecule has 0 radical (unpaired) electrons. The Hall–Kier alpha value is 0.250. The largest absolute Gasteiger partial charge is 0.325 e. The minimum atomic E-state index is 0. The average Bonchev–Trinajstić information content (AvgIpc) is 1.98. The third kappa shape index (κ3) is 3.64. The molecule has 1 aliphatic rings. The van der Waals surface area contributed by atoms with Crippen LogP contribution in [0.4, 0.5) is 0 Å². The summed E-state index contributed by atoms with van der Waals surface area (Å²) in [6, 6.07) is 0. The van der Waals surface area contributed by atoms with Crippen LogP contribution in [0.25, 0.3) is 0 Å². The Morgan fingerprint density at radius 2 is 1.40 bits per heavy atom. The van der Waals surface area contributed by atoms with Crippen molar-refractivity contribution in [3.63, 3.8) is 0 Å². The van der Waals surface area contributed by atoms with E-state index in [1.54, 1.807) is 0 Å². The summed E-state index contributed by atoms with van der Waals surface area (Å²) in [6.45, 7) is 11.6. The number of nitrogens with two attached hydrogens (primary N) is 1. The minimum Gasteiger partial charge on any atom is -0.325 e. The second-order valence-electron chi connectivity index (χ2n) is 6.56. The number of hydrogen-bond acceptors (Lipinski definition) is 1. The molecule has 2 heteroatoms. The summed E-state index contributed by atoms with van der Waals surface area (Å²) in [5.41, 5.74) is 7.36. The van der Waals surface area contributed by atoms with Crippen LogP contribution in [0.1, 0.15) is 66.7 Å². The summed E-state index contributed by atoms with van der Waals surface area (Å²) in [6.07, 6.45) is 6.28. The SMILES string of the molecule is CCC1(CC)CC(C)(C)CC(C)(N)C1.Cl. The highest BCUT2D eigenvalue weighted by Gasteiger charge is 2.45. The predicted octanol–water partition coefficient (Wildman–Crippen LogP) is 4.14. The lowest BCUT2D eigenvalue weighted by Gasteiger charge is -2.51. The monoisotopic (exact) mass is 233 g/mol. The van der Waals surface area contributed by atoms with Crippen LogP contribution in [0.5, 0.6) is 0 Å². The van der Waals surface area contributed by atoms with Gasteiger partial charge in [-0.05, 0) is 37.0 Å². The summed E-state index contributed by atoms with van der Waals surface area (Å²) < 4.78 is 0. The molecule has 1 rings (SSSR count). The molecule has 2 N–H and O–H groups in total. The van der Waals surface area contributed by atoms with Gasteiger partial charge in [0.2, 0.25) is 0 Å². The lowest BCUT2D eigenvalue weighted by molar-refractivity contribution is 0.0252. The van der Waals surface area contributed by atoms with E-state index in [-0.39, 0.29) is 17.9 Å². The molecule has 1 saturated carbocycles. The highest BCUT2D eigenvalue weighted by atomic mass is 35.5. The van der Waals surface area contributed by atoms with Gasteiger partial charge in [0.25, 0.3) is 0 Å². The third-order valence-electron chi connectivity index (χ3n) is 4.01. The van der Waals surface area contributed by atoms with E-state index < -0.39 is 0 Å². The Morgan fingerprint density at radius 1 is 0.933 bits per heavy atom. The first-order valence-corrected chi connectivity index (χ1v) is 6.03. The zero-order valence-corrected chi connectivity index (χ0v) is 11.8. The quantitative estimate of drug-likeness (QED) is 0.762. The molecule has 1 unspecified atom stereocenters. The zero-order valence-electron chi connectivity index (χ0n) is 11.0. The maximum Gasteiger partial charge on any atom is 0.0136 e. The molecule has 0 spiro atoms. The van der Waals surface area contributed by atoms with Gasteiger partial charge in [-0.1, -0.05) is 40.5 Å². The summed E-state index contributed by atoms with van der Waals surface area (Å²) in [5.74, 6) is 0.